The van der Waals surface area contributed by atoms with Gasteiger partial charge in [0.25, 0.3) is 0 Å². The topological polar surface area (TPSA) is 31.3 Å². The van der Waals surface area contributed by atoms with Crippen LogP contribution in [0.15, 0.2) is 28.5 Å². The molecule has 1 atom stereocenters. The summed E-state index contributed by atoms with van der Waals surface area (Å²) in [4.78, 5) is 4.66. The van der Waals surface area contributed by atoms with Crippen molar-refractivity contribution in [2.75, 3.05) is 53.5 Å². The van der Waals surface area contributed by atoms with Gasteiger partial charge < -0.3 is 14.5 Å². The number of likely N-dealkylation sites (N-methyl/N-ethyl adjacent to an activating group) is 1. The van der Waals surface area contributed by atoms with Gasteiger partial charge in [0.15, 0.2) is 0 Å². The van der Waals surface area contributed by atoms with Gasteiger partial charge in [0.05, 0.1) is 25.5 Å². The fourth-order valence-corrected chi connectivity index (χ4v) is 2.92. The van der Waals surface area contributed by atoms with Crippen LogP contribution in [-0.2, 0) is 4.74 Å². The first-order valence-corrected chi connectivity index (χ1v) is 7.43. The molecule has 3 aliphatic rings. The highest BCUT2D eigenvalue weighted by atomic mass is 16.5. The molecule has 0 bridgehead atoms. The van der Waals surface area contributed by atoms with Crippen LogP contribution in [0.1, 0.15) is 6.42 Å². The van der Waals surface area contributed by atoms with Crippen molar-refractivity contribution in [1.29, 1.82) is 0 Å². The standard InChI is InChI=1S/C15H24N4O/c1-17(2)5-6-19-15-11-14(4-3-13(15)12-16-19)18-7-9-20-10-8-18/h3-4,12,15H,5-11H2,1-2H3. The fourth-order valence-electron chi connectivity index (χ4n) is 2.92. The van der Waals surface area contributed by atoms with Gasteiger partial charge in [0.1, 0.15) is 0 Å². The molecular weight excluding hydrogens is 252 g/mol. The lowest BCUT2D eigenvalue weighted by atomic mass is 9.97. The van der Waals surface area contributed by atoms with Gasteiger partial charge in [-0.1, -0.05) is 6.08 Å². The monoisotopic (exact) mass is 276 g/mol. The summed E-state index contributed by atoms with van der Waals surface area (Å²) in [5.41, 5.74) is 2.78. The summed E-state index contributed by atoms with van der Waals surface area (Å²) in [5.74, 6) is 0. The highest BCUT2D eigenvalue weighted by Crippen LogP contribution is 2.29. The molecular formula is C15H24N4O. The molecule has 0 spiro atoms. The number of nitrogens with zero attached hydrogens (tertiary/aromatic N) is 4. The summed E-state index contributed by atoms with van der Waals surface area (Å²) in [6, 6.07) is 0.429. The number of rotatable bonds is 4. The summed E-state index contributed by atoms with van der Waals surface area (Å²) in [7, 11) is 4.22. The average Bonchev–Trinajstić information content (AvgIpc) is 2.88. The predicted octanol–water partition coefficient (Wildman–Crippen LogP) is 0.764. The molecule has 5 heteroatoms. The van der Waals surface area contributed by atoms with E-state index in [9.17, 15) is 0 Å². The Morgan fingerprint density at radius 1 is 1.30 bits per heavy atom. The van der Waals surface area contributed by atoms with E-state index in [-0.39, 0.29) is 0 Å². The Balaban J connectivity index is 1.64. The van der Waals surface area contributed by atoms with Crippen LogP contribution in [0.25, 0.3) is 0 Å². The fraction of sp³-hybridized carbons (Fsp3) is 0.667. The van der Waals surface area contributed by atoms with Gasteiger partial charge in [-0.25, -0.2) is 0 Å². The lowest BCUT2D eigenvalue weighted by Gasteiger charge is -2.35. The minimum Gasteiger partial charge on any atom is -0.378 e. The smallest absolute Gasteiger partial charge is 0.0790 e. The molecule has 1 aliphatic carbocycles. The van der Waals surface area contributed by atoms with E-state index in [1.165, 1.54) is 11.3 Å². The van der Waals surface area contributed by atoms with Crippen LogP contribution in [0.5, 0.6) is 0 Å². The largest absolute Gasteiger partial charge is 0.378 e. The number of hydrogen-bond acceptors (Lipinski definition) is 5. The molecule has 3 rings (SSSR count). The molecule has 2 heterocycles. The molecule has 1 fully saturated rings. The number of allylic oxidation sites excluding steroid dienone is 2. The number of hydrogen-bond donors (Lipinski definition) is 0. The van der Waals surface area contributed by atoms with Gasteiger partial charge in [0.2, 0.25) is 0 Å². The maximum Gasteiger partial charge on any atom is 0.0790 e. The van der Waals surface area contributed by atoms with Crippen LogP contribution in [0.2, 0.25) is 0 Å². The molecule has 0 aromatic heterocycles. The van der Waals surface area contributed by atoms with Gasteiger partial charge in [-0.15, -0.1) is 0 Å². The zero-order valence-corrected chi connectivity index (χ0v) is 12.5. The van der Waals surface area contributed by atoms with Crippen molar-refractivity contribution in [3.05, 3.63) is 23.4 Å². The minimum atomic E-state index is 0.429. The Morgan fingerprint density at radius 2 is 2.10 bits per heavy atom. The molecule has 5 nitrogen and oxygen atoms in total. The van der Waals surface area contributed by atoms with Crippen LogP contribution >= 0.6 is 0 Å². The van der Waals surface area contributed by atoms with Gasteiger partial charge in [-0.2, -0.15) is 5.10 Å². The third-order valence-electron chi connectivity index (χ3n) is 4.16. The number of fused-ring (bicyclic) bond motifs is 1. The zero-order chi connectivity index (χ0) is 13.9. The van der Waals surface area contributed by atoms with Crippen molar-refractivity contribution in [2.45, 2.75) is 12.5 Å². The molecule has 0 amide bonds. The molecule has 0 radical (unpaired) electrons. The molecule has 20 heavy (non-hydrogen) atoms. The zero-order valence-electron chi connectivity index (χ0n) is 12.5. The lowest BCUT2D eigenvalue weighted by Crippen LogP contribution is -2.40. The molecule has 1 unspecified atom stereocenters. The lowest BCUT2D eigenvalue weighted by molar-refractivity contribution is 0.0501. The average molecular weight is 276 g/mol. The third-order valence-corrected chi connectivity index (χ3v) is 4.16. The quantitative estimate of drug-likeness (QED) is 0.759. The van der Waals surface area contributed by atoms with E-state index in [1.807, 2.05) is 6.21 Å². The third kappa shape index (κ3) is 2.88. The Kier molecular flexibility index (Phi) is 4.08. The van der Waals surface area contributed by atoms with Crippen molar-refractivity contribution in [1.82, 2.24) is 14.8 Å². The van der Waals surface area contributed by atoms with Crippen molar-refractivity contribution < 1.29 is 4.74 Å². The predicted molar refractivity (Wildman–Crippen MR) is 80.7 cm³/mol. The van der Waals surface area contributed by atoms with Gasteiger partial charge in [0, 0.05) is 38.3 Å². The molecule has 2 aliphatic heterocycles. The summed E-state index contributed by atoms with van der Waals surface area (Å²) in [5, 5.41) is 6.80. The van der Waals surface area contributed by atoms with Crippen molar-refractivity contribution >= 4 is 6.21 Å². The summed E-state index contributed by atoms with van der Waals surface area (Å²) in [6.07, 6.45) is 7.59. The van der Waals surface area contributed by atoms with Crippen LogP contribution in [0, 0.1) is 0 Å². The van der Waals surface area contributed by atoms with E-state index < -0.39 is 0 Å². The van der Waals surface area contributed by atoms with Crippen molar-refractivity contribution in [3.63, 3.8) is 0 Å². The van der Waals surface area contributed by atoms with E-state index in [2.05, 4.69) is 46.2 Å². The maximum absolute atomic E-state index is 5.44. The molecule has 0 saturated carbocycles. The van der Waals surface area contributed by atoms with Crippen LogP contribution < -0.4 is 0 Å². The van der Waals surface area contributed by atoms with Crippen LogP contribution in [0.4, 0.5) is 0 Å². The Labute approximate surface area is 121 Å². The minimum absolute atomic E-state index is 0.429. The highest BCUT2D eigenvalue weighted by molar-refractivity contribution is 5.83. The van der Waals surface area contributed by atoms with E-state index in [0.717, 1.165) is 45.8 Å². The summed E-state index contributed by atoms with van der Waals surface area (Å²) in [6.45, 7) is 5.75. The summed E-state index contributed by atoms with van der Waals surface area (Å²) < 4.78 is 5.44. The highest BCUT2D eigenvalue weighted by Gasteiger charge is 2.30. The molecule has 0 aromatic carbocycles. The van der Waals surface area contributed by atoms with Crippen LogP contribution in [0.3, 0.4) is 0 Å². The normalized spacial score (nSPS) is 25.9. The second-order valence-electron chi connectivity index (χ2n) is 5.85. The first-order valence-electron chi connectivity index (χ1n) is 7.43. The second kappa shape index (κ2) is 5.97. The van der Waals surface area contributed by atoms with Gasteiger partial charge in [-0.3, -0.25) is 5.01 Å². The molecule has 1 saturated heterocycles. The van der Waals surface area contributed by atoms with E-state index in [1.54, 1.807) is 0 Å². The number of morpholine rings is 1. The Bertz CT molecular complexity index is 435. The second-order valence-corrected chi connectivity index (χ2v) is 5.85. The maximum atomic E-state index is 5.44. The molecule has 110 valence electrons. The van der Waals surface area contributed by atoms with E-state index in [0.29, 0.717) is 6.04 Å². The van der Waals surface area contributed by atoms with E-state index in [4.69, 9.17) is 4.74 Å². The first-order chi connectivity index (χ1) is 9.74. The molecule has 0 aromatic rings. The number of ether oxygens (including phenoxy) is 1. The number of hydrazone groups is 1. The Morgan fingerprint density at radius 3 is 2.85 bits per heavy atom. The van der Waals surface area contributed by atoms with Gasteiger partial charge >= 0.3 is 0 Å². The molecule has 0 N–H and O–H groups in total. The van der Waals surface area contributed by atoms with Crippen LogP contribution in [-0.4, -0.2) is 80.6 Å². The SMILES string of the molecule is CN(C)CCN1N=CC2=CC=C(N3CCOCC3)CC21. The van der Waals surface area contributed by atoms with E-state index >= 15 is 0 Å². The summed E-state index contributed by atoms with van der Waals surface area (Å²) >= 11 is 0. The van der Waals surface area contributed by atoms with Crippen molar-refractivity contribution in [3.8, 4) is 0 Å². The first kappa shape index (κ1) is 13.6. The van der Waals surface area contributed by atoms with Gasteiger partial charge in [-0.05, 0) is 25.7 Å². The Hall–Kier alpha value is -1.33. The van der Waals surface area contributed by atoms with Crippen molar-refractivity contribution in [2.24, 2.45) is 5.10 Å².